The third kappa shape index (κ3) is 3.99. The molecule has 0 aliphatic rings. The molecule has 0 aliphatic carbocycles. The van der Waals surface area contributed by atoms with Gasteiger partial charge in [-0.3, -0.25) is 4.48 Å². The summed E-state index contributed by atoms with van der Waals surface area (Å²) in [7, 11) is 6.16. The first-order valence-corrected chi connectivity index (χ1v) is 6.54. The zero-order valence-corrected chi connectivity index (χ0v) is 13.3. The molecular weight excluding hydrogens is 270 g/mol. The van der Waals surface area contributed by atoms with Crippen molar-refractivity contribution < 1.29 is 17.1 Å². The zero-order chi connectivity index (χ0) is 13.9. The lowest BCUT2D eigenvalue weighted by molar-refractivity contribution is -0.00000454. The van der Waals surface area contributed by atoms with Crippen LogP contribution in [0.4, 0.5) is 5.69 Å². The molecule has 0 aliphatic heterocycles. The number of quaternary nitrogens is 1. The molecule has 20 heavy (non-hydrogen) atoms. The number of nitrogens with zero attached hydrogens (tertiary/aromatic N) is 1. The highest BCUT2D eigenvalue weighted by Gasteiger charge is 2.19. The molecule has 0 atom stereocenters. The van der Waals surface area contributed by atoms with Crippen molar-refractivity contribution in [1.29, 1.82) is 0 Å². The molecule has 0 spiro atoms. The summed E-state index contributed by atoms with van der Waals surface area (Å²) in [5.41, 5.74) is 3.93. The SMILES string of the molecule is COc1ccc(C[N+](C)(C)c2ccc(C)cc2)cc1.[Cl-]. The average molecular weight is 292 g/mol. The minimum atomic E-state index is 0. The lowest BCUT2D eigenvalue weighted by Crippen LogP contribution is -3.00. The Balaban J connectivity index is 0.00000200. The number of rotatable bonds is 4. The summed E-state index contributed by atoms with van der Waals surface area (Å²) in [5.74, 6) is 0.907. The highest BCUT2D eigenvalue weighted by atomic mass is 35.5. The van der Waals surface area contributed by atoms with Gasteiger partial charge in [-0.25, -0.2) is 0 Å². The summed E-state index contributed by atoms with van der Waals surface area (Å²) in [6.45, 7) is 3.08. The smallest absolute Gasteiger partial charge is 0.132 e. The number of benzene rings is 2. The van der Waals surface area contributed by atoms with Gasteiger partial charge in [-0.15, -0.1) is 0 Å². The van der Waals surface area contributed by atoms with E-state index in [9.17, 15) is 0 Å². The molecule has 0 saturated carbocycles. The quantitative estimate of drug-likeness (QED) is 0.757. The minimum absolute atomic E-state index is 0. The number of ether oxygens (including phenoxy) is 1. The van der Waals surface area contributed by atoms with Crippen molar-refractivity contribution in [3.63, 3.8) is 0 Å². The lowest BCUT2D eigenvalue weighted by atomic mass is 10.1. The monoisotopic (exact) mass is 291 g/mol. The number of aryl methyl sites for hydroxylation is 1. The number of hydrogen-bond donors (Lipinski definition) is 0. The van der Waals surface area contributed by atoms with E-state index < -0.39 is 0 Å². The molecule has 0 aromatic heterocycles. The molecule has 2 nitrogen and oxygen atoms in total. The van der Waals surface area contributed by atoms with Crippen LogP contribution in [0.2, 0.25) is 0 Å². The van der Waals surface area contributed by atoms with Crippen molar-refractivity contribution in [2.45, 2.75) is 13.5 Å². The first-order chi connectivity index (χ1) is 9.01. The van der Waals surface area contributed by atoms with E-state index in [1.807, 2.05) is 12.1 Å². The summed E-state index contributed by atoms with van der Waals surface area (Å²) < 4.78 is 6.03. The molecule has 0 unspecified atom stereocenters. The molecule has 0 radical (unpaired) electrons. The normalized spacial score (nSPS) is 10.8. The van der Waals surface area contributed by atoms with Gasteiger partial charge < -0.3 is 17.1 Å². The van der Waals surface area contributed by atoms with Crippen LogP contribution in [-0.2, 0) is 6.54 Å². The zero-order valence-electron chi connectivity index (χ0n) is 12.6. The third-order valence-corrected chi connectivity index (χ3v) is 3.47. The molecule has 108 valence electrons. The summed E-state index contributed by atoms with van der Waals surface area (Å²) in [6, 6.07) is 17.1. The number of halogens is 1. The van der Waals surface area contributed by atoms with Gasteiger partial charge in [0, 0.05) is 5.56 Å². The van der Waals surface area contributed by atoms with Crippen LogP contribution in [0.25, 0.3) is 0 Å². The highest BCUT2D eigenvalue weighted by Crippen LogP contribution is 2.23. The Bertz CT molecular complexity index is 532. The van der Waals surface area contributed by atoms with Crippen LogP contribution >= 0.6 is 0 Å². The molecule has 0 N–H and O–H groups in total. The Labute approximate surface area is 128 Å². The van der Waals surface area contributed by atoms with E-state index in [4.69, 9.17) is 4.74 Å². The molecule has 2 aromatic rings. The predicted molar refractivity (Wildman–Crippen MR) is 81.5 cm³/mol. The van der Waals surface area contributed by atoms with E-state index >= 15 is 0 Å². The predicted octanol–water partition coefficient (Wildman–Crippen LogP) is 0.775. The third-order valence-electron chi connectivity index (χ3n) is 3.47. The standard InChI is InChI=1S/C17H22NO.ClH/c1-14-5-9-16(10-6-14)18(2,3)13-15-7-11-17(19-4)12-8-15;/h5-12H,13H2,1-4H3;1H/q+1;/p-1. The van der Waals surface area contributed by atoms with Crippen LogP contribution in [0.1, 0.15) is 11.1 Å². The Morgan fingerprint density at radius 1 is 0.900 bits per heavy atom. The first kappa shape index (κ1) is 16.5. The fourth-order valence-corrected chi connectivity index (χ4v) is 2.23. The Kier molecular flexibility index (Phi) is 5.61. The molecular formula is C17H22ClNO. The van der Waals surface area contributed by atoms with Gasteiger partial charge in [-0.2, -0.15) is 0 Å². The molecule has 3 heteroatoms. The fraction of sp³-hybridized carbons (Fsp3) is 0.294. The second-order valence-corrected chi connectivity index (χ2v) is 5.53. The molecule has 2 aromatic carbocycles. The Hall–Kier alpha value is -1.51. The van der Waals surface area contributed by atoms with Gasteiger partial charge in [-0.05, 0) is 43.3 Å². The van der Waals surface area contributed by atoms with E-state index in [1.54, 1.807) is 7.11 Å². The van der Waals surface area contributed by atoms with Crippen molar-refractivity contribution >= 4 is 5.69 Å². The van der Waals surface area contributed by atoms with Crippen molar-refractivity contribution in [1.82, 2.24) is 4.48 Å². The maximum Gasteiger partial charge on any atom is 0.132 e. The summed E-state index contributed by atoms with van der Waals surface area (Å²) in [4.78, 5) is 0. The van der Waals surface area contributed by atoms with Gasteiger partial charge in [0.1, 0.15) is 18.0 Å². The molecule has 0 fully saturated rings. The van der Waals surface area contributed by atoms with Crippen LogP contribution in [-0.4, -0.2) is 21.2 Å². The fourth-order valence-electron chi connectivity index (χ4n) is 2.23. The number of hydrogen-bond acceptors (Lipinski definition) is 1. The summed E-state index contributed by atoms with van der Waals surface area (Å²) in [6.07, 6.45) is 0. The van der Waals surface area contributed by atoms with Gasteiger partial charge >= 0.3 is 0 Å². The van der Waals surface area contributed by atoms with Crippen molar-refractivity contribution in [3.8, 4) is 5.75 Å². The van der Waals surface area contributed by atoms with E-state index in [2.05, 4.69) is 57.4 Å². The van der Waals surface area contributed by atoms with Crippen LogP contribution in [0.3, 0.4) is 0 Å². The Morgan fingerprint density at radius 3 is 1.95 bits per heavy atom. The van der Waals surface area contributed by atoms with Crippen molar-refractivity contribution in [3.05, 3.63) is 59.7 Å². The second-order valence-electron chi connectivity index (χ2n) is 5.53. The first-order valence-electron chi connectivity index (χ1n) is 6.54. The second kappa shape index (κ2) is 6.78. The van der Waals surface area contributed by atoms with E-state index in [1.165, 1.54) is 16.8 Å². The molecule has 0 heterocycles. The van der Waals surface area contributed by atoms with E-state index in [0.29, 0.717) is 0 Å². The molecule has 2 rings (SSSR count). The number of methoxy groups -OCH3 is 1. The van der Waals surface area contributed by atoms with Gasteiger partial charge in [0.05, 0.1) is 21.2 Å². The van der Waals surface area contributed by atoms with Gasteiger partial charge in [0.2, 0.25) is 0 Å². The topological polar surface area (TPSA) is 9.23 Å². The molecule has 0 bridgehead atoms. The maximum atomic E-state index is 5.19. The summed E-state index contributed by atoms with van der Waals surface area (Å²) >= 11 is 0. The van der Waals surface area contributed by atoms with Crippen LogP contribution < -0.4 is 21.6 Å². The van der Waals surface area contributed by atoms with Gasteiger partial charge in [0.15, 0.2) is 0 Å². The van der Waals surface area contributed by atoms with Crippen LogP contribution in [0.5, 0.6) is 5.75 Å². The highest BCUT2D eigenvalue weighted by molar-refractivity contribution is 5.44. The van der Waals surface area contributed by atoms with Crippen LogP contribution in [0, 0.1) is 6.92 Å². The van der Waals surface area contributed by atoms with Crippen molar-refractivity contribution in [2.75, 3.05) is 21.2 Å². The maximum absolute atomic E-state index is 5.19. The van der Waals surface area contributed by atoms with Crippen LogP contribution in [0.15, 0.2) is 48.5 Å². The Morgan fingerprint density at radius 2 is 1.45 bits per heavy atom. The van der Waals surface area contributed by atoms with Gasteiger partial charge in [0.25, 0.3) is 0 Å². The molecule has 0 saturated heterocycles. The van der Waals surface area contributed by atoms with Gasteiger partial charge in [-0.1, -0.05) is 17.7 Å². The minimum Gasteiger partial charge on any atom is -1.00 e. The average Bonchev–Trinajstić information content (AvgIpc) is 2.40. The largest absolute Gasteiger partial charge is 1.00 e. The molecule has 0 amide bonds. The van der Waals surface area contributed by atoms with E-state index in [-0.39, 0.29) is 12.4 Å². The van der Waals surface area contributed by atoms with Crippen molar-refractivity contribution in [2.24, 2.45) is 0 Å². The van der Waals surface area contributed by atoms with E-state index in [0.717, 1.165) is 16.8 Å². The lowest BCUT2D eigenvalue weighted by Gasteiger charge is -2.29. The summed E-state index contributed by atoms with van der Waals surface area (Å²) in [5, 5.41) is 0.